The minimum absolute atomic E-state index is 0.497. The molecule has 3 nitrogen and oxygen atoms in total. The lowest BCUT2D eigenvalue weighted by Gasteiger charge is -2.11. The number of hydrogen-bond donors (Lipinski definition) is 0. The van der Waals surface area contributed by atoms with E-state index in [0.717, 1.165) is 17.8 Å². The maximum absolute atomic E-state index is 5.74. The van der Waals surface area contributed by atoms with Gasteiger partial charge in [0, 0.05) is 24.2 Å². The predicted octanol–water partition coefficient (Wildman–Crippen LogP) is 2.07. The first-order chi connectivity index (χ1) is 7.13. The first kappa shape index (κ1) is 12.3. The van der Waals surface area contributed by atoms with Gasteiger partial charge in [0.05, 0.1) is 0 Å². The number of nitrogens with zero attached hydrogens (tertiary/aromatic N) is 2. The largest absolute Gasteiger partial charge is 0.476 e. The molecule has 84 valence electrons. The number of likely N-dealkylation sites (N-methyl/N-ethyl adjacent to an activating group) is 1. The van der Waals surface area contributed by atoms with E-state index in [2.05, 4.69) is 9.88 Å². The summed E-state index contributed by atoms with van der Waals surface area (Å²) < 4.78 is 5.50. The third kappa shape index (κ3) is 4.06. The first-order valence-electron chi connectivity index (χ1n) is 4.93. The summed E-state index contributed by atoms with van der Waals surface area (Å²) in [5.41, 5.74) is 1.99. The van der Waals surface area contributed by atoms with Crippen molar-refractivity contribution in [3.05, 3.63) is 23.4 Å². The zero-order valence-corrected chi connectivity index (χ0v) is 10.2. The van der Waals surface area contributed by atoms with Gasteiger partial charge in [0.15, 0.2) is 0 Å². The fraction of sp³-hybridized carbons (Fsp3) is 0.545. The van der Waals surface area contributed by atoms with Crippen molar-refractivity contribution in [2.45, 2.75) is 12.8 Å². The highest BCUT2D eigenvalue weighted by Gasteiger charge is 2.01. The minimum Gasteiger partial charge on any atom is -0.476 e. The second kappa shape index (κ2) is 5.93. The number of aromatic nitrogens is 1. The van der Waals surface area contributed by atoms with E-state index in [0.29, 0.717) is 18.4 Å². The number of rotatable bonds is 5. The molecule has 0 radical (unpaired) electrons. The van der Waals surface area contributed by atoms with Crippen molar-refractivity contribution >= 4 is 11.6 Å². The summed E-state index contributed by atoms with van der Waals surface area (Å²) in [4.78, 5) is 6.39. The monoisotopic (exact) mass is 228 g/mol. The molecule has 0 aliphatic rings. The quantitative estimate of drug-likeness (QED) is 0.722. The van der Waals surface area contributed by atoms with E-state index in [1.165, 1.54) is 0 Å². The SMILES string of the molecule is Cc1nc(OCCN(C)C)ccc1CCl. The summed E-state index contributed by atoms with van der Waals surface area (Å²) in [5.74, 6) is 1.17. The Morgan fingerprint density at radius 2 is 2.13 bits per heavy atom. The van der Waals surface area contributed by atoms with Gasteiger partial charge in [-0.15, -0.1) is 11.6 Å². The van der Waals surface area contributed by atoms with Gasteiger partial charge in [0.2, 0.25) is 5.88 Å². The molecule has 0 N–H and O–H groups in total. The Labute approximate surface area is 96.0 Å². The molecule has 1 heterocycles. The summed E-state index contributed by atoms with van der Waals surface area (Å²) in [6, 6.07) is 3.82. The normalized spacial score (nSPS) is 10.7. The number of halogens is 1. The van der Waals surface area contributed by atoms with E-state index < -0.39 is 0 Å². The lowest BCUT2D eigenvalue weighted by Crippen LogP contribution is -2.19. The van der Waals surface area contributed by atoms with Crippen LogP contribution in [-0.4, -0.2) is 37.1 Å². The maximum atomic E-state index is 5.74. The average molecular weight is 229 g/mol. The van der Waals surface area contributed by atoms with E-state index in [-0.39, 0.29) is 0 Å². The molecule has 0 aliphatic heterocycles. The fourth-order valence-corrected chi connectivity index (χ4v) is 1.40. The standard InChI is InChI=1S/C11H17ClN2O/c1-9-10(8-12)4-5-11(13-9)15-7-6-14(2)3/h4-5H,6-8H2,1-3H3. The average Bonchev–Trinajstić information content (AvgIpc) is 2.17. The van der Waals surface area contributed by atoms with Crippen LogP contribution >= 0.6 is 11.6 Å². The first-order valence-corrected chi connectivity index (χ1v) is 5.47. The molecule has 0 saturated heterocycles. The van der Waals surface area contributed by atoms with Gasteiger partial charge in [0.25, 0.3) is 0 Å². The van der Waals surface area contributed by atoms with Gasteiger partial charge in [0.1, 0.15) is 6.61 Å². The molecule has 1 rings (SSSR count). The number of hydrogen-bond acceptors (Lipinski definition) is 3. The third-order valence-electron chi connectivity index (χ3n) is 2.10. The van der Waals surface area contributed by atoms with Crippen LogP contribution in [0.1, 0.15) is 11.3 Å². The van der Waals surface area contributed by atoms with Crippen molar-refractivity contribution in [2.24, 2.45) is 0 Å². The molecule has 1 aromatic rings. The molecule has 1 aromatic heterocycles. The molecule has 0 aliphatic carbocycles. The highest BCUT2D eigenvalue weighted by atomic mass is 35.5. The van der Waals surface area contributed by atoms with Crippen molar-refractivity contribution in [2.75, 3.05) is 27.2 Å². The third-order valence-corrected chi connectivity index (χ3v) is 2.39. The Hall–Kier alpha value is -0.800. The van der Waals surface area contributed by atoms with Crippen LogP contribution in [0.5, 0.6) is 5.88 Å². The molecule has 0 atom stereocenters. The smallest absolute Gasteiger partial charge is 0.213 e. The summed E-state index contributed by atoms with van der Waals surface area (Å²) in [6.45, 7) is 3.48. The zero-order chi connectivity index (χ0) is 11.3. The van der Waals surface area contributed by atoms with Crippen LogP contribution in [0, 0.1) is 6.92 Å². The molecule has 0 aromatic carbocycles. The second-order valence-electron chi connectivity index (χ2n) is 3.68. The van der Waals surface area contributed by atoms with Crippen LogP contribution in [0.4, 0.5) is 0 Å². The van der Waals surface area contributed by atoms with Crippen LogP contribution in [0.2, 0.25) is 0 Å². The Morgan fingerprint density at radius 3 is 2.67 bits per heavy atom. The minimum atomic E-state index is 0.497. The molecule has 0 bridgehead atoms. The van der Waals surface area contributed by atoms with Gasteiger partial charge < -0.3 is 9.64 Å². The number of aryl methyl sites for hydroxylation is 1. The van der Waals surface area contributed by atoms with E-state index in [4.69, 9.17) is 16.3 Å². The second-order valence-corrected chi connectivity index (χ2v) is 3.95. The molecule has 0 saturated carbocycles. The van der Waals surface area contributed by atoms with Crippen molar-refractivity contribution in [3.63, 3.8) is 0 Å². The Bertz CT molecular complexity index is 315. The Morgan fingerprint density at radius 1 is 1.40 bits per heavy atom. The summed E-state index contributed by atoms with van der Waals surface area (Å²) in [7, 11) is 4.03. The highest BCUT2D eigenvalue weighted by Crippen LogP contribution is 2.13. The van der Waals surface area contributed by atoms with Crippen molar-refractivity contribution in [1.29, 1.82) is 0 Å². The zero-order valence-electron chi connectivity index (χ0n) is 9.46. The number of alkyl halides is 1. The van der Waals surface area contributed by atoms with E-state index in [9.17, 15) is 0 Å². The van der Waals surface area contributed by atoms with Gasteiger partial charge in [-0.2, -0.15) is 0 Å². The molecule has 15 heavy (non-hydrogen) atoms. The van der Waals surface area contributed by atoms with Gasteiger partial charge >= 0.3 is 0 Å². The van der Waals surface area contributed by atoms with E-state index in [1.807, 2.05) is 33.2 Å². The van der Waals surface area contributed by atoms with Gasteiger partial charge in [-0.1, -0.05) is 6.07 Å². The van der Waals surface area contributed by atoms with E-state index >= 15 is 0 Å². The predicted molar refractivity (Wildman–Crippen MR) is 62.6 cm³/mol. The molecule has 4 heteroatoms. The molecular formula is C11H17ClN2O. The highest BCUT2D eigenvalue weighted by molar-refractivity contribution is 6.17. The van der Waals surface area contributed by atoms with Crippen LogP contribution in [0.3, 0.4) is 0 Å². The van der Waals surface area contributed by atoms with Gasteiger partial charge in [-0.05, 0) is 26.6 Å². The van der Waals surface area contributed by atoms with Crippen LogP contribution in [-0.2, 0) is 5.88 Å². The topological polar surface area (TPSA) is 25.4 Å². The number of pyridine rings is 1. The van der Waals surface area contributed by atoms with Crippen molar-refractivity contribution in [3.8, 4) is 5.88 Å². The maximum Gasteiger partial charge on any atom is 0.213 e. The van der Waals surface area contributed by atoms with Crippen molar-refractivity contribution in [1.82, 2.24) is 9.88 Å². The fourth-order valence-electron chi connectivity index (χ4n) is 1.12. The summed E-state index contributed by atoms with van der Waals surface area (Å²) in [5, 5.41) is 0. The van der Waals surface area contributed by atoms with Gasteiger partial charge in [-0.25, -0.2) is 4.98 Å². The molecule has 0 spiro atoms. The van der Waals surface area contributed by atoms with Crippen LogP contribution in [0.25, 0.3) is 0 Å². The molecular weight excluding hydrogens is 212 g/mol. The molecule has 0 unspecified atom stereocenters. The lowest BCUT2D eigenvalue weighted by molar-refractivity contribution is 0.253. The summed E-state index contributed by atoms with van der Waals surface area (Å²) in [6.07, 6.45) is 0. The van der Waals surface area contributed by atoms with Crippen LogP contribution < -0.4 is 4.74 Å². The summed E-state index contributed by atoms with van der Waals surface area (Å²) >= 11 is 5.74. The van der Waals surface area contributed by atoms with Crippen molar-refractivity contribution < 1.29 is 4.74 Å². The van der Waals surface area contributed by atoms with E-state index in [1.54, 1.807) is 0 Å². The molecule has 0 amide bonds. The Balaban J connectivity index is 2.52. The van der Waals surface area contributed by atoms with Crippen LogP contribution in [0.15, 0.2) is 12.1 Å². The Kier molecular flexibility index (Phi) is 4.85. The lowest BCUT2D eigenvalue weighted by atomic mass is 10.2. The molecule has 0 fully saturated rings. The number of ether oxygens (including phenoxy) is 1. The van der Waals surface area contributed by atoms with Gasteiger partial charge in [-0.3, -0.25) is 0 Å².